The molecule has 21 heavy (non-hydrogen) atoms. The lowest BCUT2D eigenvalue weighted by molar-refractivity contribution is 0.0750. The van der Waals surface area contributed by atoms with E-state index in [-0.39, 0.29) is 6.03 Å². The number of likely N-dealkylation sites (tertiary alicyclic amines) is 1. The normalized spacial score (nSPS) is 22.5. The second kappa shape index (κ2) is 8.86. The summed E-state index contributed by atoms with van der Waals surface area (Å²) in [6.07, 6.45) is 5.71. The minimum absolute atomic E-state index is 0.124. The number of urea groups is 1. The van der Waals surface area contributed by atoms with Crippen molar-refractivity contribution in [2.75, 3.05) is 64.9 Å². The number of piperidine rings is 1. The van der Waals surface area contributed by atoms with Gasteiger partial charge in [0.25, 0.3) is 0 Å². The van der Waals surface area contributed by atoms with Gasteiger partial charge in [0, 0.05) is 38.8 Å². The highest BCUT2D eigenvalue weighted by Crippen LogP contribution is 2.17. The fourth-order valence-electron chi connectivity index (χ4n) is 3.17. The molecule has 2 fully saturated rings. The van der Waals surface area contributed by atoms with Crippen LogP contribution in [0.5, 0.6) is 0 Å². The smallest absolute Gasteiger partial charge is 0.317 e. The van der Waals surface area contributed by atoms with Crippen LogP contribution in [0.1, 0.15) is 19.3 Å². The van der Waals surface area contributed by atoms with Crippen molar-refractivity contribution in [3.63, 3.8) is 0 Å². The van der Waals surface area contributed by atoms with Gasteiger partial charge in [-0.2, -0.15) is 11.8 Å². The van der Waals surface area contributed by atoms with Crippen LogP contribution in [0.25, 0.3) is 0 Å². The molecule has 0 aromatic carbocycles. The van der Waals surface area contributed by atoms with Gasteiger partial charge < -0.3 is 15.1 Å². The highest BCUT2D eigenvalue weighted by molar-refractivity contribution is 7.98. The lowest BCUT2D eigenvalue weighted by atomic mass is 10.0. The van der Waals surface area contributed by atoms with Crippen molar-refractivity contribution in [1.82, 2.24) is 20.0 Å². The Labute approximate surface area is 133 Å². The zero-order valence-corrected chi connectivity index (χ0v) is 14.3. The van der Waals surface area contributed by atoms with Crippen LogP contribution in [-0.4, -0.2) is 91.6 Å². The fourth-order valence-corrected chi connectivity index (χ4v) is 3.61. The molecule has 0 aliphatic carbocycles. The van der Waals surface area contributed by atoms with Gasteiger partial charge in [-0.1, -0.05) is 0 Å². The summed E-state index contributed by atoms with van der Waals surface area (Å²) in [4.78, 5) is 19.0. The molecule has 0 aromatic heterocycles. The van der Waals surface area contributed by atoms with Crippen LogP contribution in [0.4, 0.5) is 4.79 Å². The molecule has 2 aliphatic rings. The van der Waals surface area contributed by atoms with E-state index in [2.05, 4.69) is 28.4 Å². The first-order valence-electron chi connectivity index (χ1n) is 8.15. The predicted molar refractivity (Wildman–Crippen MR) is 90.1 cm³/mol. The maximum atomic E-state index is 12.1. The van der Waals surface area contributed by atoms with Crippen molar-refractivity contribution in [1.29, 1.82) is 0 Å². The van der Waals surface area contributed by atoms with E-state index in [1.165, 1.54) is 25.9 Å². The lowest BCUT2D eigenvalue weighted by Crippen LogP contribution is -2.55. The molecule has 6 heteroatoms. The van der Waals surface area contributed by atoms with Gasteiger partial charge in [0.15, 0.2) is 0 Å². The summed E-state index contributed by atoms with van der Waals surface area (Å²) in [5.74, 6) is 1.12. The summed E-state index contributed by atoms with van der Waals surface area (Å²) in [6, 6.07) is 0.854. The predicted octanol–water partition coefficient (Wildman–Crippen LogP) is 1.16. The summed E-state index contributed by atoms with van der Waals surface area (Å²) >= 11 is 1.83. The van der Waals surface area contributed by atoms with Crippen LogP contribution in [0.3, 0.4) is 0 Å². The molecule has 2 amide bonds. The van der Waals surface area contributed by atoms with Gasteiger partial charge in [0.1, 0.15) is 0 Å². The number of nitrogens with one attached hydrogen (secondary N) is 1. The first kappa shape index (κ1) is 16.9. The minimum Gasteiger partial charge on any atom is -0.338 e. The zero-order valence-electron chi connectivity index (χ0n) is 13.5. The number of carbonyl (C=O) groups is 1. The van der Waals surface area contributed by atoms with Gasteiger partial charge in [0.2, 0.25) is 0 Å². The Kier molecular flexibility index (Phi) is 7.13. The minimum atomic E-state index is 0.124. The number of carbonyl (C=O) groups excluding carboxylic acids is 1. The van der Waals surface area contributed by atoms with Crippen molar-refractivity contribution in [3.05, 3.63) is 0 Å². The number of thioether (sulfide) groups is 1. The van der Waals surface area contributed by atoms with Crippen molar-refractivity contribution >= 4 is 17.8 Å². The van der Waals surface area contributed by atoms with E-state index in [4.69, 9.17) is 0 Å². The van der Waals surface area contributed by atoms with Gasteiger partial charge in [-0.15, -0.1) is 0 Å². The molecule has 2 aliphatic heterocycles. The van der Waals surface area contributed by atoms with Gasteiger partial charge in [-0.3, -0.25) is 4.90 Å². The molecule has 5 nitrogen and oxygen atoms in total. The van der Waals surface area contributed by atoms with Crippen LogP contribution in [0.2, 0.25) is 0 Å². The molecule has 2 heterocycles. The Bertz CT molecular complexity index is 313. The molecule has 1 N–H and O–H groups in total. The van der Waals surface area contributed by atoms with Crippen molar-refractivity contribution < 1.29 is 4.79 Å². The third-order valence-electron chi connectivity index (χ3n) is 4.61. The molecule has 0 radical (unpaired) electrons. The Morgan fingerprint density at radius 2 is 1.81 bits per heavy atom. The Morgan fingerprint density at radius 3 is 2.43 bits per heavy atom. The van der Waals surface area contributed by atoms with Gasteiger partial charge in [0.05, 0.1) is 0 Å². The van der Waals surface area contributed by atoms with Gasteiger partial charge in [-0.25, -0.2) is 4.79 Å². The number of hydrogen-bond acceptors (Lipinski definition) is 4. The number of hydrogen-bond donors (Lipinski definition) is 1. The second-order valence-corrected chi connectivity index (χ2v) is 7.12. The molecular formula is C15H30N4OS. The third-order valence-corrected chi connectivity index (χ3v) is 5.30. The maximum absolute atomic E-state index is 12.1. The van der Waals surface area contributed by atoms with E-state index in [0.29, 0.717) is 0 Å². The molecule has 2 saturated heterocycles. The molecule has 0 bridgehead atoms. The van der Waals surface area contributed by atoms with Crippen LogP contribution < -0.4 is 5.32 Å². The van der Waals surface area contributed by atoms with E-state index in [0.717, 1.165) is 50.9 Å². The summed E-state index contributed by atoms with van der Waals surface area (Å²) < 4.78 is 0. The zero-order chi connectivity index (χ0) is 15.1. The van der Waals surface area contributed by atoms with Crippen LogP contribution in [0.15, 0.2) is 0 Å². The summed E-state index contributed by atoms with van der Waals surface area (Å²) in [5, 5.41) is 3.04. The molecule has 2 rings (SSSR count). The summed E-state index contributed by atoms with van der Waals surface area (Å²) in [7, 11) is 2.20. The van der Waals surface area contributed by atoms with E-state index < -0.39 is 0 Å². The summed E-state index contributed by atoms with van der Waals surface area (Å²) in [5.41, 5.74) is 0. The SMILES string of the molecule is CSCCCNC(=O)N1CCN(C2CCN(C)CC2)CC1. The number of amides is 2. The largest absolute Gasteiger partial charge is 0.338 e. The topological polar surface area (TPSA) is 38.8 Å². The fraction of sp³-hybridized carbons (Fsp3) is 0.933. The number of rotatable bonds is 5. The van der Waals surface area contributed by atoms with E-state index >= 15 is 0 Å². The van der Waals surface area contributed by atoms with Gasteiger partial charge in [-0.05, 0) is 51.4 Å². The molecule has 0 spiro atoms. The van der Waals surface area contributed by atoms with Crippen LogP contribution in [-0.2, 0) is 0 Å². The standard InChI is InChI=1S/C15H30N4OS/c1-17-7-4-14(5-8-17)18-9-11-19(12-10-18)15(20)16-6-3-13-21-2/h14H,3-13H2,1-2H3,(H,16,20). The van der Waals surface area contributed by atoms with Crippen molar-refractivity contribution in [2.45, 2.75) is 25.3 Å². The first-order chi connectivity index (χ1) is 10.2. The highest BCUT2D eigenvalue weighted by Gasteiger charge is 2.27. The maximum Gasteiger partial charge on any atom is 0.317 e. The van der Waals surface area contributed by atoms with Crippen LogP contribution >= 0.6 is 11.8 Å². The highest BCUT2D eigenvalue weighted by atomic mass is 32.2. The Balaban J connectivity index is 1.64. The number of nitrogens with zero attached hydrogens (tertiary/aromatic N) is 3. The quantitative estimate of drug-likeness (QED) is 0.773. The van der Waals surface area contributed by atoms with Crippen molar-refractivity contribution in [3.8, 4) is 0 Å². The average Bonchev–Trinajstić information content (AvgIpc) is 2.52. The molecule has 0 saturated carbocycles. The summed E-state index contributed by atoms with van der Waals surface area (Å²) in [6.45, 7) is 7.04. The average molecular weight is 314 g/mol. The molecule has 0 aromatic rings. The third kappa shape index (κ3) is 5.34. The Morgan fingerprint density at radius 1 is 1.14 bits per heavy atom. The Hall–Kier alpha value is -0.460. The second-order valence-electron chi connectivity index (χ2n) is 6.14. The van der Waals surface area contributed by atoms with E-state index in [9.17, 15) is 4.79 Å². The van der Waals surface area contributed by atoms with Gasteiger partial charge >= 0.3 is 6.03 Å². The first-order valence-corrected chi connectivity index (χ1v) is 9.54. The van der Waals surface area contributed by atoms with Crippen LogP contribution in [0, 0.1) is 0 Å². The molecule has 0 atom stereocenters. The van der Waals surface area contributed by atoms with E-state index in [1.807, 2.05) is 16.7 Å². The number of piperazine rings is 1. The molecule has 0 unspecified atom stereocenters. The molecule has 122 valence electrons. The monoisotopic (exact) mass is 314 g/mol. The lowest BCUT2D eigenvalue weighted by Gasteiger charge is -2.42. The van der Waals surface area contributed by atoms with E-state index in [1.54, 1.807) is 0 Å². The molecular weight excluding hydrogens is 284 g/mol. The van der Waals surface area contributed by atoms with Crippen molar-refractivity contribution in [2.24, 2.45) is 0 Å².